The summed E-state index contributed by atoms with van der Waals surface area (Å²) in [6.07, 6.45) is -8.86. The molecule has 0 aliphatic carbocycles. The van der Waals surface area contributed by atoms with Crippen LogP contribution in [0.5, 0.6) is 0 Å². The number of halogens is 6. The van der Waals surface area contributed by atoms with Crippen LogP contribution in [0.15, 0.2) is 35.4 Å². The molecular weight excluding hydrogens is 458 g/mol. The number of rotatable bonds is 4. The van der Waals surface area contributed by atoms with Crippen LogP contribution in [0.3, 0.4) is 0 Å². The maximum Gasteiger partial charge on any atom is 0.421 e. The summed E-state index contributed by atoms with van der Waals surface area (Å²) in [5.74, 6) is 0.350. The molecule has 1 unspecified atom stereocenters. The Morgan fingerprint density at radius 2 is 1.79 bits per heavy atom. The van der Waals surface area contributed by atoms with Crippen molar-refractivity contribution in [3.8, 4) is 0 Å². The zero-order chi connectivity index (χ0) is 24.4. The molecule has 0 aromatic carbocycles. The van der Waals surface area contributed by atoms with Crippen LogP contribution in [0.2, 0.25) is 0 Å². The Bertz CT molecular complexity index is 1030. The summed E-state index contributed by atoms with van der Waals surface area (Å²) in [5, 5.41) is 0. The average Bonchev–Trinajstić information content (AvgIpc) is 2.74. The number of H-pyrrole nitrogens is 1. The minimum atomic E-state index is -4.80. The quantitative estimate of drug-likeness (QED) is 0.679. The largest absolute Gasteiger partial charge is 0.446 e. The number of nitrogens with zero attached hydrogens (tertiary/aromatic N) is 3. The Kier molecular flexibility index (Phi) is 6.89. The fraction of sp³-hybridized carbons (Fsp3) is 0.450. The molecule has 1 N–H and O–H groups in total. The zero-order valence-corrected chi connectivity index (χ0v) is 17.3. The lowest BCUT2D eigenvalue weighted by molar-refractivity contribution is -0.139. The highest BCUT2D eigenvalue weighted by Crippen LogP contribution is 2.29. The lowest BCUT2D eigenvalue weighted by Crippen LogP contribution is -2.49. The van der Waals surface area contributed by atoms with E-state index in [4.69, 9.17) is 4.74 Å². The number of alkyl halides is 6. The van der Waals surface area contributed by atoms with Gasteiger partial charge in [0.05, 0.1) is 5.56 Å². The van der Waals surface area contributed by atoms with Crippen molar-refractivity contribution in [2.45, 2.75) is 31.8 Å². The van der Waals surface area contributed by atoms with E-state index in [1.54, 1.807) is 4.90 Å². The smallest absolute Gasteiger partial charge is 0.421 e. The minimum absolute atomic E-state index is 0.0406. The highest BCUT2D eigenvalue weighted by molar-refractivity contribution is 5.68. The topological polar surface area (TPSA) is 78.5 Å². The van der Waals surface area contributed by atoms with Crippen LogP contribution >= 0.6 is 0 Å². The van der Waals surface area contributed by atoms with Crippen molar-refractivity contribution < 1.29 is 35.9 Å². The van der Waals surface area contributed by atoms with Gasteiger partial charge in [-0.1, -0.05) is 0 Å². The maximum absolute atomic E-state index is 12.9. The fourth-order valence-electron chi connectivity index (χ4n) is 3.34. The number of nitrogens with one attached hydrogen (secondary N) is 1. The van der Waals surface area contributed by atoms with Gasteiger partial charge < -0.3 is 19.5 Å². The number of anilines is 1. The van der Waals surface area contributed by atoms with Crippen molar-refractivity contribution in [1.29, 1.82) is 0 Å². The van der Waals surface area contributed by atoms with E-state index < -0.39 is 41.2 Å². The summed E-state index contributed by atoms with van der Waals surface area (Å²) in [5.41, 5.74) is -3.28. The van der Waals surface area contributed by atoms with Crippen molar-refractivity contribution in [1.82, 2.24) is 14.9 Å². The molecule has 33 heavy (non-hydrogen) atoms. The molecule has 13 heteroatoms. The van der Waals surface area contributed by atoms with Crippen LogP contribution in [0, 0.1) is 0 Å². The molecule has 0 saturated carbocycles. The second kappa shape index (κ2) is 9.32. The number of piperazine rings is 1. The van der Waals surface area contributed by atoms with Crippen molar-refractivity contribution >= 4 is 11.9 Å². The molecule has 0 bridgehead atoms. The summed E-state index contributed by atoms with van der Waals surface area (Å²) in [4.78, 5) is 32.7. The van der Waals surface area contributed by atoms with Crippen molar-refractivity contribution in [2.75, 3.05) is 31.1 Å². The zero-order valence-electron chi connectivity index (χ0n) is 17.3. The number of hydrogen-bond acceptors (Lipinski definition) is 5. The van der Waals surface area contributed by atoms with E-state index >= 15 is 0 Å². The Morgan fingerprint density at radius 3 is 2.33 bits per heavy atom. The lowest BCUT2D eigenvalue weighted by atomic mass is 10.1. The highest BCUT2D eigenvalue weighted by Gasteiger charge is 2.34. The van der Waals surface area contributed by atoms with Gasteiger partial charge in [-0.3, -0.25) is 4.79 Å². The van der Waals surface area contributed by atoms with Crippen molar-refractivity contribution in [3.05, 3.63) is 57.6 Å². The van der Waals surface area contributed by atoms with Gasteiger partial charge >= 0.3 is 18.4 Å². The van der Waals surface area contributed by atoms with Gasteiger partial charge in [0, 0.05) is 45.0 Å². The molecule has 1 atom stereocenters. The van der Waals surface area contributed by atoms with Crippen LogP contribution in [0.25, 0.3) is 0 Å². The summed E-state index contributed by atoms with van der Waals surface area (Å²) < 4.78 is 81.9. The van der Waals surface area contributed by atoms with E-state index in [0.717, 1.165) is 24.5 Å². The Labute approximate surface area is 184 Å². The molecular formula is C20H20F6N4O3. The SMILES string of the molecule is CC(Cc1c[nH]c(=O)c(C(F)(F)F)c1)OC(=O)N1CCN(c2ccc(C(F)(F)F)cn2)CC1. The molecule has 0 radical (unpaired) electrons. The third-order valence-electron chi connectivity index (χ3n) is 5.03. The number of ether oxygens (including phenoxy) is 1. The number of aromatic nitrogens is 2. The minimum Gasteiger partial charge on any atom is -0.446 e. The van der Waals surface area contributed by atoms with Gasteiger partial charge in [-0.15, -0.1) is 0 Å². The number of pyridine rings is 2. The second-order valence-electron chi connectivity index (χ2n) is 7.52. The van der Waals surface area contributed by atoms with Crippen LogP contribution in [0.4, 0.5) is 37.0 Å². The lowest BCUT2D eigenvalue weighted by Gasteiger charge is -2.35. The van der Waals surface area contributed by atoms with Gasteiger partial charge in [0.2, 0.25) is 0 Å². The molecule has 1 amide bonds. The molecule has 2 aromatic heterocycles. The molecule has 1 fully saturated rings. The summed E-state index contributed by atoms with van der Waals surface area (Å²) >= 11 is 0. The van der Waals surface area contributed by atoms with Crippen LogP contribution < -0.4 is 10.5 Å². The molecule has 1 saturated heterocycles. The van der Waals surface area contributed by atoms with E-state index in [-0.39, 0.29) is 25.1 Å². The number of hydrogen-bond donors (Lipinski definition) is 1. The van der Waals surface area contributed by atoms with Gasteiger partial charge in [-0.25, -0.2) is 9.78 Å². The molecule has 1 aliphatic rings. The number of carbonyl (C=O) groups is 1. The van der Waals surface area contributed by atoms with Crippen molar-refractivity contribution in [3.63, 3.8) is 0 Å². The predicted octanol–water partition coefficient (Wildman–Crippen LogP) is 3.70. The molecule has 7 nitrogen and oxygen atoms in total. The third kappa shape index (κ3) is 6.17. The fourth-order valence-corrected chi connectivity index (χ4v) is 3.34. The van der Waals surface area contributed by atoms with Crippen LogP contribution in [0.1, 0.15) is 23.6 Å². The monoisotopic (exact) mass is 478 g/mol. The summed E-state index contributed by atoms with van der Waals surface area (Å²) in [6.45, 7) is 2.60. The van der Waals surface area contributed by atoms with E-state index in [1.807, 2.05) is 4.98 Å². The summed E-state index contributed by atoms with van der Waals surface area (Å²) in [6, 6.07) is 2.92. The average molecular weight is 478 g/mol. The molecule has 3 heterocycles. The normalized spacial score (nSPS) is 16.0. The van der Waals surface area contributed by atoms with Gasteiger partial charge in [0.1, 0.15) is 17.5 Å². The molecule has 2 aromatic rings. The highest BCUT2D eigenvalue weighted by atomic mass is 19.4. The first kappa shape index (κ1) is 24.4. The third-order valence-corrected chi connectivity index (χ3v) is 5.03. The van der Waals surface area contributed by atoms with Crippen molar-refractivity contribution in [2.24, 2.45) is 0 Å². The standard InChI is InChI=1S/C20H20F6N4O3/c1-12(8-13-9-15(20(24,25)26)17(31)28-10-13)33-18(32)30-6-4-29(5-7-30)16-3-2-14(11-27-16)19(21,22)23/h2-3,9-12H,4-8H2,1H3,(H,28,31). The van der Waals surface area contributed by atoms with Crippen LogP contribution in [-0.4, -0.2) is 53.2 Å². The number of aromatic amines is 1. The number of amides is 1. The maximum atomic E-state index is 12.9. The molecule has 3 rings (SSSR count). The van der Waals surface area contributed by atoms with E-state index in [2.05, 4.69) is 4.98 Å². The second-order valence-corrected chi connectivity index (χ2v) is 7.52. The molecule has 0 spiro atoms. The summed E-state index contributed by atoms with van der Waals surface area (Å²) in [7, 11) is 0. The first-order chi connectivity index (χ1) is 15.3. The Balaban J connectivity index is 1.52. The predicted molar refractivity (Wildman–Crippen MR) is 105 cm³/mol. The Morgan fingerprint density at radius 1 is 1.12 bits per heavy atom. The van der Waals surface area contributed by atoms with Gasteiger partial charge in [-0.2, -0.15) is 26.3 Å². The van der Waals surface area contributed by atoms with Crippen LogP contribution in [-0.2, 0) is 23.5 Å². The van der Waals surface area contributed by atoms with Gasteiger partial charge in [0.15, 0.2) is 0 Å². The van der Waals surface area contributed by atoms with E-state index in [1.165, 1.54) is 17.9 Å². The van der Waals surface area contributed by atoms with E-state index in [9.17, 15) is 35.9 Å². The Hall–Kier alpha value is -3.25. The number of carbonyl (C=O) groups excluding carboxylic acids is 1. The molecule has 180 valence electrons. The van der Waals surface area contributed by atoms with Gasteiger partial charge in [-0.05, 0) is 30.7 Å². The molecule has 1 aliphatic heterocycles. The van der Waals surface area contributed by atoms with Gasteiger partial charge in [0.25, 0.3) is 5.56 Å². The first-order valence-electron chi connectivity index (χ1n) is 9.87. The first-order valence-corrected chi connectivity index (χ1v) is 9.87. The van der Waals surface area contributed by atoms with E-state index in [0.29, 0.717) is 18.9 Å².